The summed E-state index contributed by atoms with van der Waals surface area (Å²) < 4.78 is 5.85. The summed E-state index contributed by atoms with van der Waals surface area (Å²) in [6.45, 7) is 6.39. The lowest BCUT2D eigenvalue weighted by molar-refractivity contribution is -0.00473. The normalized spacial score (nSPS) is 38.3. The second-order valence-corrected chi connectivity index (χ2v) is 7.04. The fourth-order valence-corrected chi connectivity index (χ4v) is 3.76. The van der Waals surface area contributed by atoms with Gasteiger partial charge in [-0.1, -0.05) is 0 Å². The van der Waals surface area contributed by atoms with Crippen molar-refractivity contribution in [3.63, 3.8) is 0 Å². The molecule has 3 heteroatoms. The molecule has 2 unspecified atom stereocenters. The molecule has 3 aliphatic rings. The maximum atomic E-state index is 9.85. The third-order valence-corrected chi connectivity index (χ3v) is 5.06. The van der Waals surface area contributed by atoms with Crippen LogP contribution < -0.4 is 0 Å². The topological polar surface area (TPSA) is 32.7 Å². The van der Waals surface area contributed by atoms with Gasteiger partial charge in [0.2, 0.25) is 0 Å². The number of fused-ring (bicyclic) bond motifs is 2. The summed E-state index contributed by atoms with van der Waals surface area (Å²) in [5, 5.41) is 9.85. The van der Waals surface area contributed by atoms with Gasteiger partial charge in [-0.05, 0) is 52.4 Å². The van der Waals surface area contributed by atoms with E-state index in [2.05, 4.69) is 18.7 Å². The second-order valence-electron chi connectivity index (χ2n) is 7.04. The molecule has 3 nitrogen and oxygen atoms in total. The van der Waals surface area contributed by atoms with E-state index in [0.717, 1.165) is 19.4 Å². The zero-order valence-electron chi connectivity index (χ0n) is 11.8. The van der Waals surface area contributed by atoms with Gasteiger partial charge in [-0.2, -0.15) is 0 Å². The Balaban J connectivity index is 1.57. The largest absolute Gasteiger partial charge is 0.393 e. The second kappa shape index (κ2) is 4.77. The Bertz CT molecular complexity index is 287. The minimum Gasteiger partial charge on any atom is -0.393 e. The molecule has 0 amide bonds. The molecule has 3 fully saturated rings. The number of hydrogen-bond acceptors (Lipinski definition) is 3. The number of nitrogens with zero attached hydrogens (tertiary/aromatic N) is 1. The van der Waals surface area contributed by atoms with Gasteiger partial charge in [-0.25, -0.2) is 0 Å². The number of rotatable bonds is 5. The standard InChI is InChI=1S/C15H27NO2/c1-11(2)18-10-15(5-6-15)9-16-12-3-4-13(16)8-14(17)7-12/h11-14,17H,3-10H2,1-2H3. The molecule has 2 saturated heterocycles. The van der Waals surface area contributed by atoms with Crippen LogP contribution in [0.5, 0.6) is 0 Å². The first kappa shape index (κ1) is 12.9. The third-order valence-electron chi connectivity index (χ3n) is 5.06. The molecule has 0 radical (unpaired) electrons. The van der Waals surface area contributed by atoms with Crippen molar-refractivity contribution in [2.24, 2.45) is 5.41 Å². The van der Waals surface area contributed by atoms with Crippen LogP contribution in [0.1, 0.15) is 52.4 Å². The number of aliphatic hydroxyl groups excluding tert-OH is 1. The van der Waals surface area contributed by atoms with E-state index < -0.39 is 0 Å². The van der Waals surface area contributed by atoms with Crippen LogP contribution in [0.2, 0.25) is 0 Å². The van der Waals surface area contributed by atoms with Gasteiger partial charge in [0, 0.05) is 24.0 Å². The number of hydrogen-bond donors (Lipinski definition) is 1. The van der Waals surface area contributed by atoms with Crippen molar-refractivity contribution in [1.29, 1.82) is 0 Å². The van der Waals surface area contributed by atoms with E-state index in [0.29, 0.717) is 23.6 Å². The Morgan fingerprint density at radius 1 is 1.22 bits per heavy atom. The zero-order chi connectivity index (χ0) is 12.8. The Hall–Kier alpha value is -0.120. The quantitative estimate of drug-likeness (QED) is 0.815. The van der Waals surface area contributed by atoms with Crippen molar-refractivity contribution >= 4 is 0 Å². The van der Waals surface area contributed by atoms with Crippen LogP contribution in [0.3, 0.4) is 0 Å². The lowest BCUT2D eigenvalue weighted by Crippen LogP contribution is -2.47. The van der Waals surface area contributed by atoms with Crippen molar-refractivity contribution in [2.45, 2.75) is 76.7 Å². The van der Waals surface area contributed by atoms with Crippen LogP contribution >= 0.6 is 0 Å². The van der Waals surface area contributed by atoms with Gasteiger partial charge in [0.15, 0.2) is 0 Å². The Labute approximate surface area is 110 Å². The SMILES string of the molecule is CC(C)OCC1(CN2C3CCC2CC(O)C3)CC1. The minimum atomic E-state index is -0.0409. The maximum Gasteiger partial charge on any atom is 0.0570 e. The van der Waals surface area contributed by atoms with E-state index in [4.69, 9.17) is 4.74 Å². The average Bonchev–Trinajstić information content (AvgIpc) is 3.02. The summed E-state index contributed by atoms with van der Waals surface area (Å²) in [5.41, 5.74) is 0.452. The predicted octanol–water partition coefficient (Wildman–Crippen LogP) is 2.18. The van der Waals surface area contributed by atoms with E-state index in [1.54, 1.807) is 0 Å². The first-order valence-electron chi connectivity index (χ1n) is 7.63. The van der Waals surface area contributed by atoms with Crippen LogP contribution in [0, 0.1) is 5.41 Å². The Kier molecular flexibility index (Phi) is 3.41. The summed E-state index contributed by atoms with van der Waals surface area (Å²) in [7, 11) is 0. The van der Waals surface area contributed by atoms with Gasteiger partial charge in [-0.15, -0.1) is 0 Å². The Morgan fingerprint density at radius 3 is 2.33 bits per heavy atom. The summed E-state index contributed by atoms with van der Waals surface area (Å²) in [6, 6.07) is 1.30. The molecule has 104 valence electrons. The fraction of sp³-hybridized carbons (Fsp3) is 1.00. The van der Waals surface area contributed by atoms with Gasteiger partial charge >= 0.3 is 0 Å². The van der Waals surface area contributed by atoms with Crippen LogP contribution in [0.4, 0.5) is 0 Å². The molecule has 3 rings (SSSR count). The molecular weight excluding hydrogens is 226 g/mol. The number of piperidine rings is 1. The van der Waals surface area contributed by atoms with Crippen LogP contribution in [0.15, 0.2) is 0 Å². The molecule has 1 aliphatic carbocycles. The van der Waals surface area contributed by atoms with Gasteiger partial charge in [0.05, 0.1) is 18.8 Å². The number of ether oxygens (including phenoxy) is 1. The van der Waals surface area contributed by atoms with E-state index >= 15 is 0 Å². The monoisotopic (exact) mass is 253 g/mol. The molecule has 0 aromatic carbocycles. The Morgan fingerprint density at radius 2 is 1.83 bits per heavy atom. The molecule has 1 saturated carbocycles. The molecule has 1 N–H and O–H groups in total. The van der Waals surface area contributed by atoms with Crippen LogP contribution in [0.25, 0.3) is 0 Å². The van der Waals surface area contributed by atoms with Crippen LogP contribution in [-0.4, -0.2) is 47.4 Å². The smallest absolute Gasteiger partial charge is 0.0570 e. The molecule has 2 atom stereocenters. The van der Waals surface area contributed by atoms with Gasteiger partial charge in [-0.3, -0.25) is 4.90 Å². The minimum absolute atomic E-state index is 0.0409. The maximum absolute atomic E-state index is 9.85. The van der Waals surface area contributed by atoms with E-state index in [1.807, 2.05) is 0 Å². The highest BCUT2D eigenvalue weighted by Crippen LogP contribution is 2.49. The summed E-state index contributed by atoms with van der Waals surface area (Å²) in [6.07, 6.45) is 7.56. The van der Waals surface area contributed by atoms with E-state index in [9.17, 15) is 5.11 Å². The first-order valence-corrected chi connectivity index (χ1v) is 7.63. The van der Waals surface area contributed by atoms with Crippen molar-refractivity contribution < 1.29 is 9.84 Å². The van der Waals surface area contributed by atoms with Gasteiger partial charge in [0.1, 0.15) is 0 Å². The summed E-state index contributed by atoms with van der Waals surface area (Å²) in [5.74, 6) is 0. The molecule has 0 aromatic rings. The summed E-state index contributed by atoms with van der Waals surface area (Å²) >= 11 is 0. The van der Waals surface area contributed by atoms with E-state index in [1.165, 1.54) is 32.2 Å². The molecule has 2 heterocycles. The van der Waals surface area contributed by atoms with Crippen LogP contribution in [-0.2, 0) is 4.74 Å². The van der Waals surface area contributed by atoms with Crippen molar-refractivity contribution in [3.05, 3.63) is 0 Å². The predicted molar refractivity (Wildman–Crippen MR) is 71.5 cm³/mol. The molecule has 0 spiro atoms. The molecule has 0 aromatic heterocycles. The molecular formula is C15H27NO2. The zero-order valence-corrected chi connectivity index (χ0v) is 11.8. The average molecular weight is 253 g/mol. The highest BCUT2D eigenvalue weighted by molar-refractivity contribution is 5.02. The lowest BCUT2D eigenvalue weighted by atomic mass is 9.97. The summed E-state index contributed by atoms with van der Waals surface area (Å²) in [4.78, 5) is 2.70. The van der Waals surface area contributed by atoms with Gasteiger partial charge in [0.25, 0.3) is 0 Å². The molecule has 18 heavy (non-hydrogen) atoms. The van der Waals surface area contributed by atoms with Crippen molar-refractivity contribution in [3.8, 4) is 0 Å². The molecule has 2 bridgehead atoms. The highest BCUT2D eigenvalue weighted by Gasteiger charge is 2.49. The third kappa shape index (κ3) is 2.59. The van der Waals surface area contributed by atoms with Crippen molar-refractivity contribution in [1.82, 2.24) is 4.90 Å². The van der Waals surface area contributed by atoms with E-state index in [-0.39, 0.29) is 6.10 Å². The number of aliphatic hydroxyl groups is 1. The van der Waals surface area contributed by atoms with Crippen molar-refractivity contribution in [2.75, 3.05) is 13.2 Å². The first-order chi connectivity index (χ1) is 8.58. The molecule has 2 aliphatic heterocycles. The van der Waals surface area contributed by atoms with Gasteiger partial charge < -0.3 is 9.84 Å². The lowest BCUT2D eigenvalue weighted by Gasteiger charge is -2.39. The fourth-order valence-electron chi connectivity index (χ4n) is 3.76. The highest BCUT2D eigenvalue weighted by atomic mass is 16.5.